The zero-order valence-electron chi connectivity index (χ0n) is 13.8. The summed E-state index contributed by atoms with van der Waals surface area (Å²) < 4.78 is 10.7. The van der Waals surface area contributed by atoms with Gasteiger partial charge in [-0.2, -0.15) is 0 Å². The second kappa shape index (κ2) is 7.49. The first-order valence-corrected chi connectivity index (χ1v) is 8.75. The number of carbonyl (C=O) groups is 1. The van der Waals surface area contributed by atoms with Gasteiger partial charge in [-0.1, -0.05) is 6.92 Å². The van der Waals surface area contributed by atoms with Crippen LogP contribution in [0.4, 0.5) is 0 Å². The van der Waals surface area contributed by atoms with Gasteiger partial charge in [0.1, 0.15) is 11.3 Å². The first-order valence-electron chi connectivity index (χ1n) is 7.94. The Bertz CT molecular complexity index is 838. The zero-order chi connectivity index (χ0) is 16.9. The van der Waals surface area contributed by atoms with Gasteiger partial charge in [0, 0.05) is 41.1 Å². The van der Waals surface area contributed by atoms with E-state index in [1.807, 2.05) is 24.4 Å². The fourth-order valence-corrected chi connectivity index (χ4v) is 3.36. The van der Waals surface area contributed by atoms with Crippen LogP contribution in [0.1, 0.15) is 22.4 Å². The number of fused-ring (bicyclic) bond motifs is 1. The molecule has 2 heterocycles. The van der Waals surface area contributed by atoms with Crippen molar-refractivity contribution in [3.05, 3.63) is 46.1 Å². The van der Waals surface area contributed by atoms with Gasteiger partial charge < -0.3 is 14.5 Å². The summed E-state index contributed by atoms with van der Waals surface area (Å²) in [4.78, 5) is 17.8. The molecule has 2 aromatic heterocycles. The van der Waals surface area contributed by atoms with E-state index in [0.717, 1.165) is 40.1 Å². The number of aromatic nitrogens is 1. The van der Waals surface area contributed by atoms with Crippen LogP contribution in [0.5, 0.6) is 5.75 Å². The summed E-state index contributed by atoms with van der Waals surface area (Å²) in [6, 6.07) is 5.61. The molecule has 0 radical (unpaired) electrons. The molecule has 126 valence electrons. The highest BCUT2D eigenvalue weighted by Crippen LogP contribution is 2.25. The van der Waals surface area contributed by atoms with Crippen LogP contribution in [0.25, 0.3) is 11.0 Å². The zero-order valence-corrected chi connectivity index (χ0v) is 14.6. The van der Waals surface area contributed by atoms with E-state index in [4.69, 9.17) is 9.15 Å². The number of hydrogen-bond donors (Lipinski definition) is 1. The van der Waals surface area contributed by atoms with Crippen molar-refractivity contribution in [1.82, 2.24) is 10.3 Å². The van der Waals surface area contributed by atoms with Crippen molar-refractivity contribution in [3.8, 4) is 5.75 Å². The Morgan fingerprint density at radius 3 is 3.04 bits per heavy atom. The SMILES string of the molecule is CCc1cnc(CCNC(=O)Cc2coc3cc(OC)ccc23)s1. The van der Waals surface area contributed by atoms with Gasteiger partial charge in [-0.15, -0.1) is 11.3 Å². The minimum Gasteiger partial charge on any atom is -0.497 e. The van der Waals surface area contributed by atoms with Crippen LogP contribution < -0.4 is 10.1 Å². The van der Waals surface area contributed by atoms with Gasteiger partial charge in [0.05, 0.1) is 24.8 Å². The molecule has 0 atom stereocenters. The molecule has 3 aromatic rings. The van der Waals surface area contributed by atoms with Crippen LogP contribution in [0, 0.1) is 0 Å². The number of amides is 1. The predicted molar refractivity (Wildman–Crippen MR) is 94.7 cm³/mol. The molecule has 1 N–H and O–H groups in total. The Morgan fingerprint density at radius 2 is 2.29 bits per heavy atom. The van der Waals surface area contributed by atoms with E-state index < -0.39 is 0 Å². The quantitative estimate of drug-likeness (QED) is 0.714. The number of nitrogens with one attached hydrogen (secondary N) is 1. The molecular formula is C18H20N2O3S. The van der Waals surface area contributed by atoms with Crippen molar-refractivity contribution in [2.24, 2.45) is 0 Å². The molecule has 0 bridgehead atoms. The monoisotopic (exact) mass is 344 g/mol. The maximum absolute atomic E-state index is 12.1. The smallest absolute Gasteiger partial charge is 0.224 e. The summed E-state index contributed by atoms with van der Waals surface area (Å²) in [5, 5.41) is 4.95. The van der Waals surface area contributed by atoms with Crippen molar-refractivity contribution in [1.29, 1.82) is 0 Å². The topological polar surface area (TPSA) is 64.4 Å². The van der Waals surface area contributed by atoms with Crippen LogP contribution in [-0.2, 0) is 24.1 Å². The van der Waals surface area contributed by atoms with E-state index >= 15 is 0 Å². The molecule has 0 saturated heterocycles. The van der Waals surface area contributed by atoms with Crippen molar-refractivity contribution in [2.75, 3.05) is 13.7 Å². The van der Waals surface area contributed by atoms with Gasteiger partial charge in [0.2, 0.25) is 5.91 Å². The average molecular weight is 344 g/mol. The van der Waals surface area contributed by atoms with E-state index in [0.29, 0.717) is 13.0 Å². The minimum atomic E-state index is -0.0132. The number of ether oxygens (including phenoxy) is 1. The fourth-order valence-electron chi connectivity index (χ4n) is 2.50. The molecule has 5 nitrogen and oxygen atoms in total. The lowest BCUT2D eigenvalue weighted by atomic mass is 10.1. The van der Waals surface area contributed by atoms with Gasteiger partial charge in [-0.05, 0) is 18.6 Å². The number of methoxy groups -OCH3 is 1. The summed E-state index contributed by atoms with van der Waals surface area (Å²) in [5.74, 6) is 0.725. The highest BCUT2D eigenvalue weighted by molar-refractivity contribution is 7.11. The van der Waals surface area contributed by atoms with Crippen molar-refractivity contribution in [2.45, 2.75) is 26.2 Å². The van der Waals surface area contributed by atoms with Crippen LogP contribution in [0.3, 0.4) is 0 Å². The van der Waals surface area contributed by atoms with Gasteiger partial charge in [0.15, 0.2) is 0 Å². The van der Waals surface area contributed by atoms with Crippen molar-refractivity contribution < 1.29 is 13.9 Å². The third kappa shape index (κ3) is 3.76. The largest absolute Gasteiger partial charge is 0.497 e. The molecule has 0 fully saturated rings. The van der Waals surface area contributed by atoms with Gasteiger partial charge in [-0.25, -0.2) is 4.98 Å². The summed E-state index contributed by atoms with van der Waals surface area (Å²) in [6.45, 7) is 2.71. The second-order valence-corrected chi connectivity index (χ2v) is 6.67. The molecule has 1 amide bonds. The third-order valence-electron chi connectivity index (χ3n) is 3.82. The van der Waals surface area contributed by atoms with E-state index in [9.17, 15) is 4.79 Å². The minimum absolute atomic E-state index is 0.0132. The summed E-state index contributed by atoms with van der Waals surface area (Å²) in [6.07, 6.45) is 5.62. The number of thiazole rings is 1. The lowest BCUT2D eigenvalue weighted by Crippen LogP contribution is -2.27. The maximum atomic E-state index is 12.1. The lowest BCUT2D eigenvalue weighted by molar-refractivity contribution is -0.120. The number of furan rings is 1. The number of rotatable bonds is 7. The second-order valence-electron chi connectivity index (χ2n) is 5.47. The number of carbonyl (C=O) groups excluding carboxylic acids is 1. The first-order chi connectivity index (χ1) is 11.7. The van der Waals surface area contributed by atoms with Gasteiger partial charge in [0.25, 0.3) is 0 Å². The van der Waals surface area contributed by atoms with E-state index in [1.54, 1.807) is 24.7 Å². The molecule has 0 aliphatic heterocycles. The molecule has 0 aliphatic carbocycles. The molecule has 24 heavy (non-hydrogen) atoms. The Labute approximate surface area is 144 Å². The first kappa shape index (κ1) is 16.5. The lowest BCUT2D eigenvalue weighted by Gasteiger charge is -2.03. The standard InChI is InChI=1S/C18H20N2O3S/c1-3-14-10-20-18(24-14)6-7-19-17(21)8-12-11-23-16-9-13(22-2)4-5-15(12)16/h4-5,9-11H,3,6-8H2,1-2H3,(H,19,21). The highest BCUT2D eigenvalue weighted by atomic mass is 32.1. The Hall–Kier alpha value is -2.34. The average Bonchev–Trinajstić information content (AvgIpc) is 3.21. The fraction of sp³-hybridized carbons (Fsp3) is 0.333. The number of hydrogen-bond acceptors (Lipinski definition) is 5. The normalized spacial score (nSPS) is 10.9. The van der Waals surface area contributed by atoms with E-state index in [1.165, 1.54) is 4.88 Å². The molecule has 3 rings (SSSR count). The molecule has 0 aliphatic rings. The number of aryl methyl sites for hydroxylation is 1. The van der Waals surface area contributed by atoms with Gasteiger partial charge >= 0.3 is 0 Å². The Kier molecular flexibility index (Phi) is 5.15. The van der Waals surface area contributed by atoms with Crippen LogP contribution in [0.15, 0.2) is 35.1 Å². The number of nitrogens with zero attached hydrogens (tertiary/aromatic N) is 1. The Morgan fingerprint density at radius 1 is 1.42 bits per heavy atom. The van der Waals surface area contributed by atoms with Crippen LogP contribution in [-0.4, -0.2) is 24.5 Å². The molecule has 6 heteroatoms. The third-order valence-corrected chi connectivity index (χ3v) is 5.03. The highest BCUT2D eigenvalue weighted by Gasteiger charge is 2.11. The summed E-state index contributed by atoms with van der Waals surface area (Å²) in [7, 11) is 1.62. The van der Waals surface area contributed by atoms with Crippen LogP contribution >= 0.6 is 11.3 Å². The number of benzene rings is 1. The molecule has 1 aromatic carbocycles. The predicted octanol–water partition coefficient (Wildman–Crippen LogP) is 3.36. The van der Waals surface area contributed by atoms with Gasteiger partial charge in [-0.3, -0.25) is 4.79 Å². The van der Waals surface area contributed by atoms with Crippen molar-refractivity contribution >= 4 is 28.2 Å². The van der Waals surface area contributed by atoms with E-state index in [2.05, 4.69) is 17.2 Å². The summed E-state index contributed by atoms with van der Waals surface area (Å²) in [5.41, 5.74) is 1.61. The van der Waals surface area contributed by atoms with E-state index in [-0.39, 0.29) is 5.91 Å². The van der Waals surface area contributed by atoms with Crippen LogP contribution in [0.2, 0.25) is 0 Å². The molecule has 0 unspecified atom stereocenters. The Balaban J connectivity index is 1.55. The molecule has 0 saturated carbocycles. The van der Waals surface area contributed by atoms with Crippen molar-refractivity contribution in [3.63, 3.8) is 0 Å². The molecule has 0 spiro atoms. The summed E-state index contributed by atoms with van der Waals surface area (Å²) >= 11 is 1.71. The molecular weight excluding hydrogens is 324 g/mol. The maximum Gasteiger partial charge on any atom is 0.224 e.